The fourth-order valence-corrected chi connectivity index (χ4v) is 3.85. The van der Waals surface area contributed by atoms with Gasteiger partial charge in [-0.3, -0.25) is 9.48 Å². The molecule has 182 valence electrons. The molecule has 2 aromatic rings. The summed E-state index contributed by atoms with van der Waals surface area (Å²) in [5.74, 6) is -1.54. The molecule has 0 bridgehead atoms. The van der Waals surface area contributed by atoms with Gasteiger partial charge in [0.05, 0.1) is 24.9 Å². The van der Waals surface area contributed by atoms with Gasteiger partial charge < -0.3 is 19.5 Å². The van der Waals surface area contributed by atoms with Crippen molar-refractivity contribution in [2.75, 3.05) is 26.3 Å². The second kappa shape index (κ2) is 10.5. The molecule has 4 heterocycles. The van der Waals surface area contributed by atoms with E-state index in [2.05, 4.69) is 10.1 Å². The lowest BCUT2D eigenvalue weighted by molar-refractivity contribution is -0.192. The number of ether oxygens (including phenoxy) is 2. The largest absolute Gasteiger partial charge is 0.490 e. The molecule has 0 radical (unpaired) electrons. The van der Waals surface area contributed by atoms with Crippen LogP contribution in [0.1, 0.15) is 22.5 Å². The molecule has 13 heteroatoms. The van der Waals surface area contributed by atoms with E-state index < -0.39 is 12.1 Å². The second-order valence-corrected chi connectivity index (χ2v) is 7.78. The van der Waals surface area contributed by atoms with Crippen LogP contribution in [0.2, 0.25) is 0 Å². The summed E-state index contributed by atoms with van der Waals surface area (Å²) in [4.78, 5) is 27.5. The summed E-state index contributed by atoms with van der Waals surface area (Å²) in [5.41, 5.74) is 1.11. The minimum absolute atomic E-state index is 0.00443. The number of aromatic nitrogens is 3. The van der Waals surface area contributed by atoms with Crippen LogP contribution in [0.15, 0.2) is 30.6 Å². The average molecular weight is 481 g/mol. The zero-order valence-electron chi connectivity index (χ0n) is 18.1. The third-order valence-electron chi connectivity index (χ3n) is 5.61. The van der Waals surface area contributed by atoms with Crippen molar-refractivity contribution in [1.29, 1.82) is 5.26 Å². The number of rotatable bonds is 5. The monoisotopic (exact) mass is 481 g/mol. The number of carboxylic acid groups (broad SMARTS) is 1. The normalized spacial score (nSPS) is 21.3. The molecule has 10 nitrogen and oxygen atoms in total. The summed E-state index contributed by atoms with van der Waals surface area (Å²) in [6.45, 7) is 2.57. The van der Waals surface area contributed by atoms with Crippen LogP contribution in [-0.4, -0.2) is 75.2 Å². The first-order chi connectivity index (χ1) is 16.1. The van der Waals surface area contributed by atoms with Crippen LogP contribution in [-0.2, 0) is 16.6 Å². The Bertz CT molecular complexity index is 1050. The van der Waals surface area contributed by atoms with Gasteiger partial charge in [0.15, 0.2) is 0 Å². The maximum absolute atomic E-state index is 12.7. The Labute approximate surface area is 192 Å². The second-order valence-electron chi connectivity index (χ2n) is 7.78. The summed E-state index contributed by atoms with van der Waals surface area (Å²) in [7, 11) is 1.78. The van der Waals surface area contributed by atoms with Crippen LogP contribution in [0.3, 0.4) is 0 Å². The van der Waals surface area contributed by atoms with Gasteiger partial charge in [-0.1, -0.05) is 0 Å². The molecule has 0 aliphatic carbocycles. The van der Waals surface area contributed by atoms with Crippen molar-refractivity contribution < 1.29 is 37.3 Å². The van der Waals surface area contributed by atoms with Crippen molar-refractivity contribution in [2.45, 2.75) is 18.7 Å². The highest BCUT2D eigenvalue weighted by atomic mass is 19.4. The number of amides is 1. The zero-order valence-corrected chi connectivity index (χ0v) is 18.1. The molecule has 3 atom stereocenters. The molecule has 0 aromatic carbocycles. The molecule has 1 amide bonds. The van der Waals surface area contributed by atoms with Gasteiger partial charge in [0.25, 0.3) is 5.91 Å². The van der Waals surface area contributed by atoms with Gasteiger partial charge in [-0.05, 0) is 24.5 Å². The molecule has 2 fully saturated rings. The predicted molar refractivity (Wildman–Crippen MR) is 109 cm³/mol. The molecule has 1 N–H and O–H groups in total. The Balaban J connectivity index is 0.000000406. The first-order valence-electron chi connectivity index (χ1n) is 10.3. The lowest BCUT2D eigenvalue weighted by Gasteiger charge is -2.20. The fourth-order valence-electron chi connectivity index (χ4n) is 3.85. The zero-order chi connectivity index (χ0) is 24.9. The van der Waals surface area contributed by atoms with Crippen LogP contribution in [0, 0.1) is 23.2 Å². The SMILES string of the molecule is Cn1nccc1C(=O)N1C[C@H]2[C@@H](CCOc3ccc(C#N)cn3)CO[C@H]2C1.O=C(O)C(F)(F)F. The molecule has 2 saturated heterocycles. The summed E-state index contributed by atoms with van der Waals surface area (Å²) < 4.78 is 45.0. The van der Waals surface area contributed by atoms with Crippen LogP contribution < -0.4 is 4.74 Å². The number of hydrogen-bond acceptors (Lipinski definition) is 7. The molecule has 2 aromatic heterocycles. The first kappa shape index (κ1) is 25.0. The maximum Gasteiger partial charge on any atom is 0.490 e. The number of aryl methyl sites for hydroxylation is 1. The first-order valence-corrected chi connectivity index (χ1v) is 10.3. The number of pyridine rings is 1. The van der Waals surface area contributed by atoms with E-state index in [-0.39, 0.29) is 12.0 Å². The van der Waals surface area contributed by atoms with Gasteiger partial charge in [-0.25, -0.2) is 9.78 Å². The van der Waals surface area contributed by atoms with Gasteiger partial charge in [0.2, 0.25) is 5.88 Å². The number of likely N-dealkylation sites (tertiary alicyclic amines) is 1. The summed E-state index contributed by atoms with van der Waals surface area (Å²) >= 11 is 0. The standard InChI is InChI=1S/C19H21N5O3.C2HF3O2/c1-23-16(4-6-22-23)19(25)24-10-15-14(12-27-17(15)11-24)5-7-26-18-3-2-13(8-20)9-21-18;3-2(4,5)1(6)7/h2-4,6,9,14-15,17H,5,7,10-12H2,1H3;(H,6,7)/t14-,15-,17-;/m0./s1. The van der Waals surface area contributed by atoms with Crippen molar-refractivity contribution in [3.8, 4) is 11.9 Å². The number of carbonyl (C=O) groups is 2. The summed E-state index contributed by atoms with van der Waals surface area (Å²) in [6, 6.07) is 7.17. The Morgan fingerprint density at radius 3 is 2.62 bits per heavy atom. The van der Waals surface area contributed by atoms with E-state index in [1.807, 2.05) is 11.0 Å². The molecule has 2 aliphatic heterocycles. The Kier molecular flexibility index (Phi) is 7.72. The smallest absolute Gasteiger partial charge is 0.478 e. The third-order valence-corrected chi connectivity index (χ3v) is 5.61. The Morgan fingerprint density at radius 1 is 1.32 bits per heavy atom. The van der Waals surface area contributed by atoms with E-state index in [9.17, 15) is 18.0 Å². The van der Waals surface area contributed by atoms with Gasteiger partial charge in [0.1, 0.15) is 11.8 Å². The number of carboxylic acids is 1. The van der Waals surface area contributed by atoms with Gasteiger partial charge >= 0.3 is 12.1 Å². The molecule has 0 unspecified atom stereocenters. The van der Waals surface area contributed by atoms with Gasteiger partial charge in [0, 0.05) is 44.5 Å². The maximum atomic E-state index is 12.7. The molecular formula is C21H22F3N5O5. The molecule has 2 aliphatic rings. The topological polar surface area (TPSA) is 131 Å². The molecule has 4 rings (SSSR count). The number of hydrogen-bond donors (Lipinski definition) is 1. The minimum Gasteiger partial charge on any atom is -0.478 e. The minimum atomic E-state index is -5.08. The van der Waals surface area contributed by atoms with Crippen molar-refractivity contribution in [3.05, 3.63) is 41.9 Å². The molecule has 34 heavy (non-hydrogen) atoms. The lowest BCUT2D eigenvalue weighted by Crippen LogP contribution is -2.32. The Hall–Kier alpha value is -3.66. The van der Waals surface area contributed by atoms with Crippen LogP contribution >= 0.6 is 0 Å². The number of halogens is 3. The van der Waals surface area contributed by atoms with E-state index in [0.29, 0.717) is 55.3 Å². The van der Waals surface area contributed by atoms with Gasteiger partial charge in [-0.15, -0.1) is 0 Å². The van der Waals surface area contributed by atoms with E-state index in [0.717, 1.165) is 6.42 Å². The average Bonchev–Trinajstić information content (AvgIpc) is 3.50. The van der Waals surface area contributed by atoms with Crippen molar-refractivity contribution in [1.82, 2.24) is 19.7 Å². The highest BCUT2D eigenvalue weighted by molar-refractivity contribution is 5.92. The molecule has 0 spiro atoms. The number of alkyl halides is 3. The van der Waals surface area contributed by atoms with E-state index >= 15 is 0 Å². The van der Waals surface area contributed by atoms with E-state index in [4.69, 9.17) is 24.6 Å². The van der Waals surface area contributed by atoms with Crippen molar-refractivity contribution >= 4 is 11.9 Å². The van der Waals surface area contributed by atoms with Crippen molar-refractivity contribution in [2.24, 2.45) is 18.9 Å². The Morgan fingerprint density at radius 2 is 2.06 bits per heavy atom. The molecule has 0 saturated carbocycles. The number of aliphatic carboxylic acids is 1. The third kappa shape index (κ3) is 6.02. The number of nitriles is 1. The highest BCUT2D eigenvalue weighted by Crippen LogP contribution is 2.36. The summed E-state index contributed by atoms with van der Waals surface area (Å²) in [5, 5.41) is 20.0. The predicted octanol–water partition coefficient (Wildman–Crippen LogP) is 1.88. The fraction of sp³-hybridized carbons (Fsp3) is 0.476. The van der Waals surface area contributed by atoms with Gasteiger partial charge in [-0.2, -0.15) is 23.5 Å². The summed E-state index contributed by atoms with van der Waals surface area (Å²) in [6.07, 6.45) is -1.00. The highest BCUT2D eigenvalue weighted by Gasteiger charge is 2.45. The molecular weight excluding hydrogens is 459 g/mol. The number of fused-ring (bicyclic) bond motifs is 1. The van der Waals surface area contributed by atoms with Crippen LogP contribution in [0.4, 0.5) is 13.2 Å². The van der Waals surface area contributed by atoms with Crippen LogP contribution in [0.5, 0.6) is 5.88 Å². The lowest BCUT2D eigenvalue weighted by atomic mass is 9.91. The number of carbonyl (C=O) groups excluding carboxylic acids is 1. The quantitative estimate of drug-likeness (QED) is 0.685. The number of nitrogens with zero attached hydrogens (tertiary/aromatic N) is 5. The van der Waals surface area contributed by atoms with Crippen molar-refractivity contribution in [3.63, 3.8) is 0 Å². The van der Waals surface area contributed by atoms with E-state index in [1.165, 1.54) is 6.20 Å². The van der Waals surface area contributed by atoms with Crippen LogP contribution in [0.25, 0.3) is 0 Å². The van der Waals surface area contributed by atoms with E-state index in [1.54, 1.807) is 36.1 Å².